The zero-order chi connectivity index (χ0) is 29.8. The van der Waals surface area contributed by atoms with Crippen LogP contribution < -0.4 is 4.90 Å². The van der Waals surface area contributed by atoms with Crippen molar-refractivity contribution in [2.75, 3.05) is 24.6 Å². The van der Waals surface area contributed by atoms with Gasteiger partial charge >= 0.3 is 0 Å². The van der Waals surface area contributed by atoms with E-state index < -0.39 is 35.6 Å². The number of aliphatic hydroxyl groups is 1. The molecular formula is C33H36ClN3O5. The van der Waals surface area contributed by atoms with Crippen LogP contribution in [0.1, 0.15) is 25.0 Å². The van der Waals surface area contributed by atoms with Gasteiger partial charge in [0.05, 0.1) is 41.3 Å². The monoisotopic (exact) mass is 589 g/mol. The minimum atomic E-state index is -1.38. The van der Waals surface area contributed by atoms with Gasteiger partial charge in [-0.25, -0.2) is 0 Å². The van der Waals surface area contributed by atoms with Crippen LogP contribution in [-0.2, 0) is 25.7 Å². The number of nitrogens with zero attached hydrogens (tertiary/aromatic N) is 3. The molecule has 4 heterocycles. The molecule has 4 aliphatic rings. The normalized spacial score (nSPS) is 29.5. The summed E-state index contributed by atoms with van der Waals surface area (Å²) in [6.45, 7) is 6.40. The van der Waals surface area contributed by atoms with E-state index in [0.29, 0.717) is 23.8 Å². The van der Waals surface area contributed by atoms with Crippen LogP contribution in [-0.4, -0.2) is 76.1 Å². The minimum Gasteiger partial charge on any atom is -0.394 e. The summed E-state index contributed by atoms with van der Waals surface area (Å²) in [6, 6.07) is 13.5. The molecule has 0 saturated carbocycles. The molecule has 8 nitrogen and oxygen atoms in total. The number of hydrogen-bond acceptors (Lipinski definition) is 5. The summed E-state index contributed by atoms with van der Waals surface area (Å²) in [5.74, 6) is -2.77. The Morgan fingerprint density at radius 3 is 2.45 bits per heavy atom. The highest BCUT2D eigenvalue weighted by molar-refractivity contribution is 6.34. The van der Waals surface area contributed by atoms with Gasteiger partial charge in [-0.2, -0.15) is 0 Å². The molecule has 2 saturated heterocycles. The Labute approximate surface area is 251 Å². The van der Waals surface area contributed by atoms with Gasteiger partial charge in [-0.05, 0) is 30.0 Å². The second kappa shape index (κ2) is 11.0. The molecule has 1 unspecified atom stereocenters. The van der Waals surface area contributed by atoms with Crippen LogP contribution in [0.3, 0.4) is 0 Å². The van der Waals surface area contributed by atoms with Crippen molar-refractivity contribution in [1.82, 2.24) is 9.80 Å². The topological polar surface area (TPSA) is 90.4 Å². The largest absolute Gasteiger partial charge is 0.394 e. The van der Waals surface area contributed by atoms with Gasteiger partial charge in [0.2, 0.25) is 11.8 Å². The van der Waals surface area contributed by atoms with Crippen molar-refractivity contribution in [2.45, 2.75) is 51.1 Å². The first-order valence-corrected chi connectivity index (χ1v) is 14.9. The molecular weight excluding hydrogens is 554 g/mol. The van der Waals surface area contributed by atoms with Gasteiger partial charge in [0, 0.05) is 19.6 Å². The first-order chi connectivity index (χ1) is 20.2. The lowest BCUT2D eigenvalue weighted by Crippen LogP contribution is -2.59. The highest BCUT2D eigenvalue weighted by Gasteiger charge is 2.72. The lowest BCUT2D eigenvalue weighted by atomic mass is 9.77. The molecule has 6 rings (SSSR count). The number of aliphatic hydroxyl groups excluding tert-OH is 1. The fraction of sp³-hybridized carbons (Fsp3) is 0.424. The summed E-state index contributed by atoms with van der Waals surface area (Å²) in [4.78, 5) is 48.4. The van der Waals surface area contributed by atoms with E-state index in [1.54, 1.807) is 15.9 Å². The van der Waals surface area contributed by atoms with E-state index in [-0.39, 0.29) is 36.8 Å². The van der Waals surface area contributed by atoms with Gasteiger partial charge in [-0.15, -0.1) is 0 Å². The first-order valence-electron chi connectivity index (χ1n) is 14.5. The highest BCUT2D eigenvalue weighted by atomic mass is 35.5. The van der Waals surface area contributed by atoms with Crippen LogP contribution in [0.15, 0.2) is 72.8 Å². The molecule has 9 heteroatoms. The number of para-hydroxylation sites is 1. The Morgan fingerprint density at radius 1 is 1.00 bits per heavy atom. The molecule has 6 atom stereocenters. The quantitative estimate of drug-likeness (QED) is 0.519. The molecule has 220 valence electrons. The smallest absolute Gasteiger partial charge is 0.253 e. The standard InChI is InChI=1S/C33H36ClN3O5/c1-20(2)24(19-38)37-29-32(41)36(28-21(3)10-7-13-23(28)34)17-9-15-33(29)27(31(37)40)26-25(42-33)14-8-16-35(30(26)39)18-22-11-5-4-6-12-22/h4-15,20,24-27,29,38H,16-19H2,1-3H3/t24-,25-,26+,27-,29?,33-/m0/s1. The van der Waals surface area contributed by atoms with E-state index in [1.165, 1.54) is 4.90 Å². The van der Waals surface area contributed by atoms with E-state index in [0.717, 1.165) is 11.1 Å². The Hall–Kier alpha value is -3.46. The van der Waals surface area contributed by atoms with Crippen LogP contribution in [0.5, 0.6) is 0 Å². The van der Waals surface area contributed by atoms with Crippen LogP contribution in [0.2, 0.25) is 5.02 Å². The van der Waals surface area contributed by atoms with Crippen molar-refractivity contribution < 1.29 is 24.2 Å². The van der Waals surface area contributed by atoms with Gasteiger partial charge in [-0.3, -0.25) is 14.4 Å². The van der Waals surface area contributed by atoms with Crippen LogP contribution >= 0.6 is 11.6 Å². The summed E-state index contributed by atoms with van der Waals surface area (Å²) < 4.78 is 6.75. The Balaban J connectivity index is 1.46. The number of carbonyl (C=O) groups excluding carboxylic acids is 3. The zero-order valence-corrected chi connectivity index (χ0v) is 24.8. The molecule has 0 aromatic heterocycles. The van der Waals surface area contributed by atoms with E-state index in [1.807, 2.05) is 87.5 Å². The van der Waals surface area contributed by atoms with Gasteiger partial charge in [-0.1, -0.05) is 92.2 Å². The van der Waals surface area contributed by atoms with Crippen molar-refractivity contribution in [3.8, 4) is 0 Å². The molecule has 4 aliphatic heterocycles. The molecule has 1 N–H and O–H groups in total. The Bertz CT molecular complexity index is 1440. The lowest BCUT2D eigenvalue weighted by Gasteiger charge is -2.40. The fourth-order valence-corrected chi connectivity index (χ4v) is 7.54. The predicted octanol–water partition coefficient (Wildman–Crippen LogP) is 3.75. The first kappa shape index (κ1) is 28.6. The second-order valence-corrected chi connectivity index (χ2v) is 12.4. The number of fused-ring (bicyclic) bond motifs is 2. The van der Waals surface area contributed by atoms with Gasteiger partial charge in [0.25, 0.3) is 5.91 Å². The van der Waals surface area contributed by atoms with Gasteiger partial charge in [0.1, 0.15) is 11.6 Å². The van der Waals surface area contributed by atoms with Crippen molar-refractivity contribution >= 4 is 35.0 Å². The summed E-state index contributed by atoms with van der Waals surface area (Å²) in [5.41, 5.74) is 0.997. The molecule has 3 amide bonds. The summed E-state index contributed by atoms with van der Waals surface area (Å²) >= 11 is 6.63. The van der Waals surface area contributed by atoms with E-state index in [2.05, 4.69) is 0 Å². The number of likely N-dealkylation sites (tertiary alicyclic amines) is 1. The number of benzene rings is 2. The fourth-order valence-electron chi connectivity index (χ4n) is 7.22. The zero-order valence-electron chi connectivity index (χ0n) is 24.0. The number of halogens is 1. The Morgan fingerprint density at radius 2 is 1.76 bits per heavy atom. The molecule has 0 radical (unpaired) electrons. The average molecular weight is 590 g/mol. The van der Waals surface area contributed by atoms with Gasteiger partial charge in [0.15, 0.2) is 0 Å². The van der Waals surface area contributed by atoms with E-state index in [4.69, 9.17) is 16.3 Å². The maximum Gasteiger partial charge on any atom is 0.253 e. The van der Waals surface area contributed by atoms with Crippen LogP contribution in [0.4, 0.5) is 5.69 Å². The number of carbonyl (C=O) groups is 3. The number of amides is 3. The maximum atomic E-state index is 14.7. The molecule has 2 aromatic rings. The molecule has 0 aliphatic carbocycles. The van der Waals surface area contributed by atoms with E-state index in [9.17, 15) is 19.5 Å². The molecule has 2 fully saturated rings. The molecule has 0 bridgehead atoms. The number of aryl methyl sites for hydroxylation is 1. The maximum absolute atomic E-state index is 14.7. The number of anilines is 1. The number of ether oxygens (including phenoxy) is 1. The van der Waals surface area contributed by atoms with Crippen molar-refractivity contribution in [2.24, 2.45) is 17.8 Å². The van der Waals surface area contributed by atoms with E-state index >= 15 is 0 Å². The highest BCUT2D eigenvalue weighted by Crippen LogP contribution is 2.54. The summed E-state index contributed by atoms with van der Waals surface area (Å²) in [5, 5.41) is 10.9. The second-order valence-electron chi connectivity index (χ2n) is 12.0. The predicted molar refractivity (Wildman–Crippen MR) is 160 cm³/mol. The Kier molecular flexibility index (Phi) is 7.50. The summed E-state index contributed by atoms with van der Waals surface area (Å²) in [7, 11) is 0. The molecule has 42 heavy (non-hydrogen) atoms. The average Bonchev–Trinajstić information content (AvgIpc) is 3.28. The molecule has 1 spiro atoms. The molecule has 2 aromatic carbocycles. The third-order valence-corrected chi connectivity index (χ3v) is 9.47. The lowest BCUT2D eigenvalue weighted by molar-refractivity contribution is -0.148. The van der Waals surface area contributed by atoms with Crippen molar-refractivity contribution in [1.29, 1.82) is 0 Å². The third-order valence-electron chi connectivity index (χ3n) is 9.17. The number of rotatable bonds is 6. The SMILES string of the molecule is Cc1cccc(Cl)c1N1CC=C[C@]23O[C@H]4C=CCN(Cc5ccccc5)C(=O)[C@H]4[C@H]2C(=O)N([C@@H](CO)C(C)C)C3C1=O. The third kappa shape index (κ3) is 4.39. The van der Waals surface area contributed by atoms with Crippen LogP contribution in [0, 0.1) is 24.7 Å². The van der Waals surface area contributed by atoms with Gasteiger partial charge < -0.3 is 24.5 Å². The minimum absolute atomic E-state index is 0.152. The van der Waals surface area contributed by atoms with Crippen LogP contribution in [0.25, 0.3) is 0 Å². The van der Waals surface area contributed by atoms with Crippen molar-refractivity contribution in [3.05, 3.63) is 89.0 Å². The number of hydrogen-bond donors (Lipinski definition) is 1. The van der Waals surface area contributed by atoms with Crippen molar-refractivity contribution in [3.63, 3.8) is 0 Å². The summed E-state index contributed by atoms with van der Waals surface area (Å²) in [6.07, 6.45) is 6.76.